The second-order valence-electron chi connectivity index (χ2n) is 6.53. The lowest BCUT2D eigenvalue weighted by Gasteiger charge is -2.17. The first-order valence-corrected chi connectivity index (χ1v) is 10.3. The third-order valence-electron chi connectivity index (χ3n) is 4.46. The third-order valence-corrected chi connectivity index (χ3v) is 6.31. The Bertz CT molecular complexity index is 1120. The quantitative estimate of drug-likeness (QED) is 0.602. The molecule has 3 aromatic rings. The van der Waals surface area contributed by atoms with E-state index in [9.17, 15) is 21.6 Å². The number of hydrogen-bond acceptors (Lipinski definition) is 7. The topological polar surface area (TPSA) is 98.4 Å². The Morgan fingerprint density at radius 3 is 2.57 bits per heavy atom. The van der Waals surface area contributed by atoms with Gasteiger partial charge in [-0.05, 0) is 42.8 Å². The standard InChI is InChI=1S/C18H15F3N4O4S/c19-18(20,21)17-23-16(24-29-17)12-3-5-13(6-4-12)28-14-7-9-25(11-14)30(26,27)15-2-1-8-22-10-15/h1-6,8,10,14H,7,9,11H2. The maximum Gasteiger partial charge on any atom is 0.471 e. The predicted molar refractivity (Wildman–Crippen MR) is 96.8 cm³/mol. The van der Waals surface area contributed by atoms with E-state index in [1.807, 2.05) is 0 Å². The maximum absolute atomic E-state index is 12.6. The van der Waals surface area contributed by atoms with Crippen molar-refractivity contribution in [2.75, 3.05) is 13.1 Å². The third kappa shape index (κ3) is 4.14. The number of pyridine rings is 1. The van der Waals surface area contributed by atoms with E-state index in [1.54, 1.807) is 18.2 Å². The molecule has 1 fully saturated rings. The van der Waals surface area contributed by atoms with Crippen molar-refractivity contribution in [3.8, 4) is 17.1 Å². The minimum absolute atomic E-state index is 0.119. The molecule has 0 aliphatic carbocycles. The summed E-state index contributed by atoms with van der Waals surface area (Å²) in [5, 5.41) is 3.33. The Labute approximate surface area is 169 Å². The molecular formula is C18H15F3N4O4S. The first-order valence-electron chi connectivity index (χ1n) is 8.82. The first-order chi connectivity index (χ1) is 14.2. The molecule has 30 heavy (non-hydrogen) atoms. The minimum Gasteiger partial charge on any atom is -0.489 e. The van der Waals surface area contributed by atoms with E-state index in [0.29, 0.717) is 24.3 Å². The van der Waals surface area contributed by atoms with Crippen molar-refractivity contribution in [1.82, 2.24) is 19.4 Å². The van der Waals surface area contributed by atoms with E-state index in [2.05, 4.69) is 19.6 Å². The molecule has 158 valence electrons. The number of alkyl halides is 3. The van der Waals surface area contributed by atoms with Crippen LogP contribution < -0.4 is 4.74 Å². The van der Waals surface area contributed by atoms with Gasteiger partial charge in [-0.2, -0.15) is 22.5 Å². The van der Waals surface area contributed by atoms with Gasteiger partial charge in [-0.15, -0.1) is 0 Å². The van der Waals surface area contributed by atoms with Gasteiger partial charge in [0.25, 0.3) is 0 Å². The zero-order valence-corrected chi connectivity index (χ0v) is 16.1. The van der Waals surface area contributed by atoms with E-state index in [0.717, 1.165) is 0 Å². The van der Waals surface area contributed by atoms with Gasteiger partial charge in [0.1, 0.15) is 16.7 Å². The second kappa shape index (κ2) is 7.69. The fraction of sp³-hybridized carbons (Fsp3) is 0.278. The lowest BCUT2D eigenvalue weighted by Crippen LogP contribution is -2.31. The summed E-state index contributed by atoms with van der Waals surface area (Å²) in [6.45, 7) is 0.488. The number of hydrogen-bond donors (Lipinski definition) is 0. The summed E-state index contributed by atoms with van der Waals surface area (Å²) in [7, 11) is -3.64. The van der Waals surface area contributed by atoms with Crippen LogP contribution in [0.3, 0.4) is 0 Å². The van der Waals surface area contributed by atoms with Gasteiger partial charge >= 0.3 is 12.1 Å². The molecule has 1 unspecified atom stereocenters. The molecule has 0 amide bonds. The fourth-order valence-electron chi connectivity index (χ4n) is 2.99. The molecule has 1 saturated heterocycles. The summed E-state index contributed by atoms with van der Waals surface area (Å²) >= 11 is 0. The summed E-state index contributed by atoms with van der Waals surface area (Å²) < 4.78 is 74.3. The number of aromatic nitrogens is 3. The molecule has 4 rings (SSSR count). The molecule has 1 aliphatic rings. The number of rotatable bonds is 5. The molecule has 1 atom stereocenters. The SMILES string of the molecule is O=S(=O)(c1cccnc1)N1CCC(Oc2ccc(-c3noc(C(F)(F)F)n3)cc2)C1. The van der Waals surface area contributed by atoms with Crippen LogP contribution in [0.1, 0.15) is 12.3 Å². The van der Waals surface area contributed by atoms with E-state index in [1.165, 1.54) is 34.9 Å². The highest BCUT2D eigenvalue weighted by molar-refractivity contribution is 7.89. The Balaban J connectivity index is 1.40. The number of halogens is 3. The van der Waals surface area contributed by atoms with E-state index >= 15 is 0 Å². The van der Waals surface area contributed by atoms with Crippen molar-refractivity contribution in [3.63, 3.8) is 0 Å². The normalized spacial score (nSPS) is 17.9. The predicted octanol–water partition coefficient (Wildman–Crippen LogP) is 2.99. The summed E-state index contributed by atoms with van der Waals surface area (Å²) in [6, 6.07) is 9.14. The molecule has 8 nitrogen and oxygen atoms in total. The largest absolute Gasteiger partial charge is 0.489 e. The van der Waals surface area contributed by atoms with Crippen LogP contribution in [-0.2, 0) is 16.2 Å². The molecule has 0 saturated carbocycles. The summed E-state index contributed by atoms with van der Waals surface area (Å²) in [5.41, 5.74) is 0.328. The van der Waals surface area contributed by atoms with Crippen molar-refractivity contribution < 1.29 is 30.8 Å². The van der Waals surface area contributed by atoms with Crippen LogP contribution in [0, 0.1) is 0 Å². The molecular weight excluding hydrogens is 425 g/mol. The van der Waals surface area contributed by atoms with Crippen LogP contribution in [0.2, 0.25) is 0 Å². The average Bonchev–Trinajstić information content (AvgIpc) is 3.39. The number of benzene rings is 1. The van der Waals surface area contributed by atoms with Gasteiger partial charge in [-0.25, -0.2) is 8.42 Å². The lowest BCUT2D eigenvalue weighted by atomic mass is 10.2. The van der Waals surface area contributed by atoms with E-state index in [-0.39, 0.29) is 23.4 Å². The summed E-state index contributed by atoms with van der Waals surface area (Å²) in [5.74, 6) is -1.16. The van der Waals surface area contributed by atoms with Crippen molar-refractivity contribution in [2.45, 2.75) is 23.6 Å². The van der Waals surface area contributed by atoms with Crippen molar-refractivity contribution in [3.05, 3.63) is 54.7 Å². The minimum atomic E-state index is -4.71. The molecule has 1 aliphatic heterocycles. The van der Waals surface area contributed by atoms with Crippen LogP contribution in [0.5, 0.6) is 5.75 Å². The highest BCUT2D eigenvalue weighted by Gasteiger charge is 2.38. The molecule has 0 spiro atoms. The molecule has 2 aromatic heterocycles. The Hall–Kier alpha value is -2.99. The number of ether oxygens (including phenoxy) is 1. The highest BCUT2D eigenvalue weighted by Crippen LogP contribution is 2.30. The smallest absolute Gasteiger partial charge is 0.471 e. The molecule has 12 heteroatoms. The van der Waals surface area contributed by atoms with Gasteiger partial charge in [0.05, 0.1) is 6.54 Å². The van der Waals surface area contributed by atoms with Crippen LogP contribution in [-0.4, -0.2) is 47.0 Å². The summed E-state index contributed by atoms with van der Waals surface area (Å²) in [4.78, 5) is 7.29. The monoisotopic (exact) mass is 440 g/mol. The van der Waals surface area contributed by atoms with E-state index in [4.69, 9.17) is 4.74 Å². The van der Waals surface area contributed by atoms with Gasteiger partial charge < -0.3 is 9.26 Å². The molecule has 0 bridgehead atoms. The zero-order valence-electron chi connectivity index (χ0n) is 15.3. The molecule has 1 aromatic carbocycles. The number of nitrogens with zero attached hydrogens (tertiary/aromatic N) is 4. The zero-order chi connectivity index (χ0) is 21.4. The van der Waals surface area contributed by atoms with E-state index < -0.39 is 22.1 Å². The summed E-state index contributed by atoms with van der Waals surface area (Å²) in [6.07, 6.45) is -1.77. The average molecular weight is 440 g/mol. The van der Waals surface area contributed by atoms with Gasteiger partial charge in [0.15, 0.2) is 0 Å². The number of sulfonamides is 1. The van der Waals surface area contributed by atoms with Crippen LogP contribution in [0.15, 0.2) is 58.2 Å². The Morgan fingerprint density at radius 2 is 1.93 bits per heavy atom. The van der Waals surface area contributed by atoms with Gasteiger partial charge in [-0.3, -0.25) is 4.98 Å². The van der Waals surface area contributed by atoms with Gasteiger partial charge in [-0.1, -0.05) is 5.16 Å². The second-order valence-corrected chi connectivity index (χ2v) is 8.46. The van der Waals surface area contributed by atoms with Gasteiger partial charge in [0.2, 0.25) is 15.8 Å². The maximum atomic E-state index is 12.6. The molecule has 0 radical (unpaired) electrons. The van der Waals surface area contributed by atoms with Crippen LogP contribution in [0.25, 0.3) is 11.4 Å². The van der Waals surface area contributed by atoms with Crippen LogP contribution >= 0.6 is 0 Å². The Morgan fingerprint density at radius 1 is 1.17 bits per heavy atom. The van der Waals surface area contributed by atoms with Crippen molar-refractivity contribution in [1.29, 1.82) is 0 Å². The highest BCUT2D eigenvalue weighted by atomic mass is 32.2. The molecule has 0 N–H and O–H groups in total. The fourth-order valence-corrected chi connectivity index (χ4v) is 4.44. The van der Waals surface area contributed by atoms with Crippen molar-refractivity contribution in [2.24, 2.45) is 0 Å². The van der Waals surface area contributed by atoms with Crippen LogP contribution in [0.4, 0.5) is 13.2 Å². The Kier molecular flexibility index (Phi) is 5.20. The lowest BCUT2D eigenvalue weighted by molar-refractivity contribution is -0.159. The first kappa shape index (κ1) is 20.3. The van der Waals surface area contributed by atoms with Gasteiger partial charge in [0, 0.05) is 24.5 Å². The van der Waals surface area contributed by atoms with Crippen molar-refractivity contribution >= 4 is 10.0 Å². The molecule has 3 heterocycles.